The summed E-state index contributed by atoms with van der Waals surface area (Å²) in [6.45, 7) is 4.35. The number of halogens is 2. The average molecular weight is 455 g/mol. The molecule has 2 aromatic rings. The van der Waals surface area contributed by atoms with E-state index in [-0.39, 0.29) is 10.8 Å². The highest BCUT2D eigenvalue weighted by atomic mass is 35.5. The molecule has 0 radical (unpaired) electrons. The number of hydrogen-bond donors (Lipinski definition) is 2. The number of carbonyl (C=O) groups is 1. The van der Waals surface area contributed by atoms with Crippen LogP contribution in [0.1, 0.15) is 15.9 Å². The highest BCUT2D eigenvalue weighted by molar-refractivity contribution is 6.35. The summed E-state index contributed by atoms with van der Waals surface area (Å²) < 4.78 is 16.1. The predicted octanol–water partition coefficient (Wildman–Crippen LogP) is 3.81. The average Bonchev–Trinajstić information content (AvgIpc) is 2.75. The van der Waals surface area contributed by atoms with Crippen molar-refractivity contribution in [1.29, 1.82) is 0 Å². The van der Waals surface area contributed by atoms with Gasteiger partial charge in [0.2, 0.25) is 0 Å². The van der Waals surface area contributed by atoms with Crippen LogP contribution in [0.4, 0.5) is 5.69 Å². The molecule has 0 spiro atoms. The zero-order valence-electron chi connectivity index (χ0n) is 16.6. The molecule has 2 N–H and O–H groups in total. The highest BCUT2D eigenvalue weighted by Crippen LogP contribution is 2.32. The minimum atomic E-state index is -0.439. The quantitative estimate of drug-likeness (QED) is 0.586. The number of nitrogens with zero attached hydrogens (tertiary/aromatic N) is 1. The molecule has 1 saturated heterocycles. The van der Waals surface area contributed by atoms with Gasteiger partial charge in [-0.05, 0) is 24.3 Å². The van der Waals surface area contributed by atoms with Gasteiger partial charge in [-0.15, -0.1) is 0 Å². The molecule has 0 amide bonds. The Hall–Kier alpha value is -2.19. The number of hydrogen-bond acceptors (Lipinski definition) is 7. The van der Waals surface area contributed by atoms with Crippen molar-refractivity contribution >= 4 is 34.9 Å². The van der Waals surface area contributed by atoms with Gasteiger partial charge >= 0.3 is 5.97 Å². The van der Waals surface area contributed by atoms with Crippen LogP contribution < -0.4 is 10.1 Å². The van der Waals surface area contributed by atoms with Gasteiger partial charge in [0.25, 0.3) is 0 Å². The number of anilines is 1. The van der Waals surface area contributed by atoms with E-state index in [9.17, 15) is 9.90 Å². The van der Waals surface area contributed by atoms with Crippen molar-refractivity contribution in [1.82, 2.24) is 4.90 Å². The second-order valence-electron chi connectivity index (χ2n) is 6.75. The van der Waals surface area contributed by atoms with E-state index in [1.807, 2.05) is 0 Å². The number of nitrogens with one attached hydrogen (secondary N) is 1. The van der Waals surface area contributed by atoms with Crippen molar-refractivity contribution in [2.24, 2.45) is 0 Å². The Morgan fingerprint density at radius 1 is 1.23 bits per heavy atom. The Kier molecular flexibility index (Phi) is 8.04. The summed E-state index contributed by atoms with van der Waals surface area (Å²) >= 11 is 11.9. The van der Waals surface area contributed by atoms with Crippen LogP contribution in [0.2, 0.25) is 10.0 Å². The molecule has 1 aliphatic rings. The van der Waals surface area contributed by atoms with E-state index < -0.39 is 5.97 Å². The van der Waals surface area contributed by atoms with Gasteiger partial charge < -0.3 is 24.6 Å². The summed E-state index contributed by atoms with van der Waals surface area (Å²) in [5.74, 6) is -0.0726. The van der Waals surface area contributed by atoms with Gasteiger partial charge in [0.1, 0.15) is 23.7 Å². The monoisotopic (exact) mass is 454 g/mol. The molecule has 9 heteroatoms. The number of morpholine rings is 1. The topological polar surface area (TPSA) is 80.3 Å². The standard InChI is InChI=1S/C21H24Cl2N2O5/c1-28-19-12-16(24-13-14-10-15(22)11-18(23)20(14)26)2-3-17(19)21(27)30-9-6-25-4-7-29-8-5-25/h2-3,10-12,24,26H,4-9,13H2,1H3. The van der Waals surface area contributed by atoms with E-state index in [0.29, 0.717) is 60.5 Å². The van der Waals surface area contributed by atoms with Crippen molar-refractivity contribution in [2.75, 3.05) is 51.9 Å². The number of carbonyl (C=O) groups excluding carboxylic acids is 1. The fraction of sp³-hybridized carbons (Fsp3) is 0.381. The number of phenolic OH excluding ortho intramolecular Hbond substituents is 1. The molecule has 2 aromatic carbocycles. The zero-order chi connectivity index (χ0) is 21.5. The normalized spacial score (nSPS) is 14.4. The molecule has 1 fully saturated rings. The molecule has 1 aliphatic heterocycles. The largest absolute Gasteiger partial charge is 0.506 e. The van der Waals surface area contributed by atoms with Crippen LogP contribution in [0.3, 0.4) is 0 Å². The van der Waals surface area contributed by atoms with Gasteiger partial charge in [-0.3, -0.25) is 4.90 Å². The second kappa shape index (κ2) is 10.7. The molecule has 0 saturated carbocycles. The first kappa shape index (κ1) is 22.5. The van der Waals surface area contributed by atoms with Gasteiger partial charge in [0, 0.05) is 48.5 Å². The first-order chi connectivity index (χ1) is 14.5. The molecule has 3 rings (SSSR count). The maximum Gasteiger partial charge on any atom is 0.341 e. The zero-order valence-corrected chi connectivity index (χ0v) is 18.1. The first-order valence-electron chi connectivity index (χ1n) is 9.54. The molecule has 1 heterocycles. The summed E-state index contributed by atoms with van der Waals surface area (Å²) in [4.78, 5) is 14.6. The van der Waals surface area contributed by atoms with Crippen LogP contribution in [0.25, 0.3) is 0 Å². The van der Waals surface area contributed by atoms with Crippen LogP contribution in [-0.2, 0) is 16.0 Å². The summed E-state index contributed by atoms with van der Waals surface area (Å²) in [6, 6.07) is 8.19. The number of phenols is 1. The van der Waals surface area contributed by atoms with Crippen molar-refractivity contribution in [3.63, 3.8) is 0 Å². The van der Waals surface area contributed by atoms with E-state index >= 15 is 0 Å². The fourth-order valence-electron chi connectivity index (χ4n) is 3.09. The van der Waals surface area contributed by atoms with Gasteiger partial charge in [-0.1, -0.05) is 23.2 Å². The lowest BCUT2D eigenvalue weighted by Gasteiger charge is -2.26. The Bertz CT molecular complexity index is 888. The predicted molar refractivity (Wildman–Crippen MR) is 116 cm³/mol. The number of ether oxygens (including phenoxy) is 3. The van der Waals surface area contributed by atoms with Crippen molar-refractivity contribution < 1.29 is 24.1 Å². The summed E-state index contributed by atoms with van der Waals surface area (Å²) in [5, 5.41) is 13.8. The number of rotatable bonds is 8. The molecule has 0 aromatic heterocycles. The van der Waals surface area contributed by atoms with E-state index in [1.165, 1.54) is 13.2 Å². The van der Waals surface area contributed by atoms with Crippen LogP contribution in [-0.4, -0.2) is 62.5 Å². The summed E-state index contributed by atoms with van der Waals surface area (Å²) in [5.41, 5.74) is 1.60. The minimum Gasteiger partial charge on any atom is -0.506 e. The minimum absolute atomic E-state index is 0.0269. The maximum atomic E-state index is 12.4. The number of methoxy groups -OCH3 is 1. The third kappa shape index (κ3) is 5.92. The summed E-state index contributed by atoms with van der Waals surface area (Å²) in [7, 11) is 1.49. The van der Waals surface area contributed by atoms with Crippen LogP contribution in [0, 0.1) is 0 Å². The Balaban J connectivity index is 1.59. The lowest BCUT2D eigenvalue weighted by molar-refractivity contribution is 0.0194. The van der Waals surface area contributed by atoms with Crippen LogP contribution >= 0.6 is 23.2 Å². The van der Waals surface area contributed by atoms with Gasteiger partial charge in [0.05, 0.1) is 25.3 Å². The highest BCUT2D eigenvalue weighted by Gasteiger charge is 2.16. The van der Waals surface area contributed by atoms with Gasteiger partial charge in [-0.2, -0.15) is 0 Å². The lowest BCUT2D eigenvalue weighted by atomic mass is 10.1. The van der Waals surface area contributed by atoms with Crippen molar-refractivity contribution in [3.8, 4) is 11.5 Å². The molecule has 0 atom stereocenters. The molecule has 0 aliphatic carbocycles. The van der Waals surface area contributed by atoms with Crippen LogP contribution in [0.5, 0.6) is 11.5 Å². The number of esters is 1. The van der Waals surface area contributed by atoms with Crippen molar-refractivity contribution in [3.05, 3.63) is 51.5 Å². The van der Waals surface area contributed by atoms with E-state index in [0.717, 1.165) is 13.1 Å². The Labute approximate surface area is 185 Å². The molecule has 7 nitrogen and oxygen atoms in total. The van der Waals surface area contributed by atoms with Gasteiger partial charge in [-0.25, -0.2) is 4.79 Å². The first-order valence-corrected chi connectivity index (χ1v) is 10.3. The van der Waals surface area contributed by atoms with Crippen molar-refractivity contribution in [2.45, 2.75) is 6.54 Å². The number of benzene rings is 2. The summed E-state index contributed by atoms with van der Waals surface area (Å²) in [6.07, 6.45) is 0. The molecule has 0 unspecified atom stereocenters. The third-order valence-electron chi connectivity index (χ3n) is 4.76. The lowest BCUT2D eigenvalue weighted by Crippen LogP contribution is -2.38. The maximum absolute atomic E-state index is 12.4. The number of aromatic hydroxyl groups is 1. The molecule has 0 bridgehead atoms. The second-order valence-corrected chi connectivity index (χ2v) is 7.60. The molecule has 162 valence electrons. The Morgan fingerprint density at radius 3 is 2.73 bits per heavy atom. The van der Waals surface area contributed by atoms with E-state index in [4.69, 9.17) is 37.4 Å². The van der Waals surface area contributed by atoms with E-state index in [2.05, 4.69) is 10.2 Å². The Morgan fingerprint density at radius 2 is 2.00 bits per heavy atom. The van der Waals surface area contributed by atoms with E-state index in [1.54, 1.807) is 24.3 Å². The SMILES string of the molecule is COc1cc(NCc2cc(Cl)cc(Cl)c2O)ccc1C(=O)OCCN1CCOCC1. The third-order valence-corrected chi connectivity index (χ3v) is 5.26. The smallest absolute Gasteiger partial charge is 0.341 e. The van der Waals surface area contributed by atoms with Gasteiger partial charge in [0.15, 0.2) is 0 Å². The fourth-order valence-corrected chi connectivity index (χ4v) is 3.63. The van der Waals surface area contributed by atoms with Crippen LogP contribution in [0.15, 0.2) is 30.3 Å². The molecule has 30 heavy (non-hydrogen) atoms. The molecular formula is C21H24Cl2N2O5. The molecular weight excluding hydrogens is 431 g/mol.